The molecule has 1 N–H and O–H groups in total. The first-order chi connectivity index (χ1) is 15.5. The fourth-order valence-electron chi connectivity index (χ4n) is 3.00. The number of halogens is 1. The Labute approximate surface area is 183 Å². The number of carbonyl (C=O) groups excluding carboxylic acids is 2. The Hall–Kier alpha value is -4.33. The molecule has 4 rings (SSSR count). The molecule has 0 bridgehead atoms. The van der Waals surface area contributed by atoms with Crippen molar-refractivity contribution in [2.45, 2.75) is 6.92 Å². The standard InChI is InChI=1S/C24H19FN4O3/c1-16-7-5-6-10-20(16)32-21(30)15-26-24(31)22-27-23(17-11-13-18(25)14-12-17)29(28-22)19-8-3-2-4-9-19/h2-14H,15H2,1H3,(H,26,31). The minimum Gasteiger partial charge on any atom is -0.425 e. The van der Waals surface area contributed by atoms with Crippen molar-refractivity contribution in [2.75, 3.05) is 6.54 Å². The minimum atomic E-state index is -0.634. The van der Waals surface area contributed by atoms with Gasteiger partial charge < -0.3 is 10.1 Å². The number of aromatic nitrogens is 3. The van der Waals surface area contributed by atoms with Crippen molar-refractivity contribution in [3.05, 3.63) is 96.1 Å². The summed E-state index contributed by atoms with van der Waals surface area (Å²) in [6, 6.07) is 21.9. The quantitative estimate of drug-likeness (QED) is 0.372. The topological polar surface area (TPSA) is 86.1 Å². The fraction of sp³-hybridized carbons (Fsp3) is 0.0833. The van der Waals surface area contributed by atoms with E-state index in [1.165, 1.54) is 16.8 Å². The molecule has 32 heavy (non-hydrogen) atoms. The molecule has 4 aromatic rings. The second-order valence-electron chi connectivity index (χ2n) is 6.94. The number of hydrogen-bond acceptors (Lipinski definition) is 5. The van der Waals surface area contributed by atoms with E-state index in [1.54, 1.807) is 24.3 Å². The van der Waals surface area contributed by atoms with E-state index in [0.717, 1.165) is 5.56 Å². The summed E-state index contributed by atoms with van der Waals surface area (Å²) < 4.78 is 20.1. The van der Waals surface area contributed by atoms with Gasteiger partial charge in [-0.05, 0) is 55.0 Å². The first-order valence-electron chi connectivity index (χ1n) is 9.84. The van der Waals surface area contributed by atoms with Crippen LogP contribution in [0.4, 0.5) is 4.39 Å². The smallest absolute Gasteiger partial charge is 0.330 e. The average molecular weight is 430 g/mol. The van der Waals surface area contributed by atoms with E-state index in [-0.39, 0.29) is 18.2 Å². The Balaban J connectivity index is 1.54. The molecule has 0 aliphatic carbocycles. The molecular formula is C24H19FN4O3. The zero-order valence-electron chi connectivity index (χ0n) is 17.2. The van der Waals surface area contributed by atoms with E-state index in [1.807, 2.05) is 49.4 Å². The highest BCUT2D eigenvalue weighted by Gasteiger charge is 2.20. The lowest BCUT2D eigenvalue weighted by atomic mass is 10.2. The highest BCUT2D eigenvalue weighted by molar-refractivity contribution is 5.93. The summed E-state index contributed by atoms with van der Waals surface area (Å²) in [5, 5.41) is 6.78. The molecule has 8 heteroatoms. The number of benzene rings is 3. The van der Waals surface area contributed by atoms with Gasteiger partial charge in [0.1, 0.15) is 18.1 Å². The molecule has 0 spiro atoms. The Kier molecular flexibility index (Phi) is 6.03. The lowest BCUT2D eigenvalue weighted by Gasteiger charge is -2.07. The number of hydrogen-bond donors (Lipinski definition) is 1. The minimum absolute atomic E-state index is 0.128. The molecule has 0 radical (unpaired) electrons. The zero-order chi connectivity index (χ0) is 22.5. The maximum absolute atomic E-state index is 13.4. The van der Waals surface area contributed by atoms with Gasteiger partial charge in [0, 0.05) is 5.56 Å². The van der Waals surface area contributed by atoms with Crippen LogP contribution in [0.25, 0.3) is 17.1 Å². The molecule has 3 aromatic carbocycles. The third-order valence-electron chi connectivity index (χ3n) is 4.62. The van der Waals surface area contributed by atoms with Crippen LogP contribution in [0.5, 0.6) is 5.75 Å². The Morgan fingerprint density at radius 1 is 0.969 bits per heavy atom. The fourth-order valence-corrected chi connectivity index (χ4v) is 3.00. The number of rotatable bonds is 6. The summed E-state index contributed by atoms with van der Waals surface area (Å²) >= 11 is 0. The molecule has 0 saturated carbocycles. The molecule has 0 aliphatic rings. The van der Waals surface area contributed by atoms with Crippen LogP contribution in [0.15, 0.2) is 78.9 Å². The molecule has 1 aromatic heterocycles. The largest absolute Gasteiger partial charge is 0.425 e. The van der Waals surface area contributed by atoms with Crippen molar-refractivity contribution in [1.29, 1.82) is 0 Å². The lowest BCUT2D eigenvalue weighted by Crippen LogP contribution is -2.32. The lowest BCUT2D eigenvalue weighted by molar-refractivity contribution is -0.133. The van der Waals surface area contributed by atoms with Gasteiger partial charge >= 0.3 is 5.97 Å². The Bertz CT molecular complexity index is 1250. The van der Waals surface area contributed by atoms with Gasteiger partial charge in [-0.2, -0.15) is 0 Å². The second kappa shape index (κ2) is 9.22. The molecule has 160 valence electrons. The van der Waals surface area contributed by atoms with Crippen molar-refractivity contribution < 1.29 is 18.7 Å². The normalized spacial score (nSPS) is 10.6. The molecule has 0 fully saturated rings. The summed E-state index contributed by atoms with van der Waals surface area (Å²) in [6.45, 7) is 1.47. The number of esters is 1. The first kappa shape index (κ1) is 20.9. The predicted molar refractivity (Wildman–Crippen MR) is 116 cm³/mol. The van der Waals surface area contributed by atoms with Gasteiger partial charge in [0.15, 0.2) is 5.82 Å². The Morgan fingerprint density at radius 2 is 1.66 bits per heavy atom. The van der Waals surface area contributed by atoms with Crippen molar-refractivity contribution in [1.82, 2.24) is 20.1 Å². The predicted octanol–water partition coefficient (Wildman–Crippen LogP) is 3.72. The van der Waals surface area contributed by atoms with Crippen LogP contribution in [0, 0.1) is 12.7 Å². The SMILES string of the molecule is Cc1ccccc1OC(=O)CNC(=O)c1nc(-c2ccc(F)cc2)n(-c2ccccc2)n1. The summed E-state index contributed by atoms with van der Waals surface area (Å²) in [5.41, 5.74) is 2.07. The van der Waals surface area contributed by atoms with Crippen molar-refractivity contribution in [2.24, 2.45) is 0 Å². The maximum atomic E-state index is 13.4. The van der Waals surface area contributed by atoms with Gasteiger partial charge in [0.25, 0.3) is 5.91 Å². The van der Waals surface area contributed by atoms with Crippen molar-refractivity contribution >= 4 is 11.9 Å². The van der Waals surface area contributed by atoms with E-state index in [9.17, 15) is 14.0 Å². The third-order valence-corrected chi connectivity index (χ3v) is 4.62. The van der Waals surface area contributed by atoms with Crippen molar-refractivity contribution in [3.63, 3.8) is 0 Å². The van der Waals surface area contributed by atoms with Crippen LogP contribution >= 0.6 is 0 Å². The number of nitrogens with zero attached hydrogens (tertiary/aromatic N) is 3. The number of aryl methyl sites for hydroxylation is 1. The number of amides is 1. The molecule has 0 aliphatic heterocycles. The van der Waals surface area contributed by atoms with Gasteiger partial charge in [0.2, 0.25) is 5.82 Å². The van der Waals surface area contributed by atoms with Crippen LogP contribution in [-0.4, -0.2) is 33.2 Å². The summed E-state index contributed by atoms with van der Waals surface area (Å²) in [7, 11) is 0. The molecule has 0 saturated heterocycles. The third kappa shape index (κ3) is 4.70. The van der Waals surface area contributed by atoms with E-state index in [4.69, 9.17) is 4.74 Å². The number of para-hydroxylation sites is 2. The first-order valence-corrected chi connectivity index (χ1v) is 9.84. The van der Waals surface area contributed by atoms with E-state index in [0.29, 0.717) is 22.8 Å². The number of ether oxygens (including phenoxy) is 1. The van der Waals surface area contributed by atoms with Crippen LogP contribution in [0.1, 0.15) is 16.2 Å². The highest BCUT2D eigenvalue weighted by Crippen LogP contribution is 2.21. The summed E-state index contributed by atoms with van der Waals surface area (Å²) in [4.78, 5) is 29.1. The maximum Gasteiger partial charge on any atom is 0.330 e. The van der Waals surface area contributed by atoms with Crippen LogP contribution < -0.4 is 10.1 Å². The van der Waals surface area contributed by atoms with E-state index in [2.05, 4.69) is 15.4 Å². The van der Waals surface area contributed by atoms with E-state index < -0.39 is 11.9 Å². The molecule has 0 unspecified atom stereocenters. The Morgan fingerprint density at radius 3 is 2.38 bits per heavy atom. The van der Waals surface area contributed by atoms with E-state index >= 15 is 0 Å². The van der Waals surface area contributed by atoms with Gasteiger partial charge in [-0.15, -0.1) is 5.10 Å². The summed E-state index contributed by atoms with van der Waals surface area (Å²) in [6.07, 6.45) is 0. The number of carbonyl (C=O) groups is 2. The molecule has 1 heterocycles. The second-order valence-corrected chi connectivity index (χ2v) is 6.94. The highest BCUT2D eigenvalue weighted by atomic mass is 19.1. The van der Waals surface area contributed by atoms with Crippen LogP contribution in [0.3, 0.4) is 0 Å². The average Bonchev–Trinajstić information content (AvgIpc) is 3.26. The van der Waals surface area contributed by atoms with Crippen molar-refractivity contribution in [3.8, 4) is 22.8 Å². The zero-order valence-corrected chi connectivity index (χ0v) is 17.2. The van der Waals surface area contributed by atoms with Gasteiger partial charge in [-0.25, -0.2) is 18.9 Å². The molecular weight excluding hydrogens is 411 g/mol. The number of nitrogens with one attached hydrogen (secondary N) is 1. The molecule has 1 amide bonds. The van der Waals surface area contributed by atoms with Gasteiger partial charge in [-0.3, -0.25) is 4.79 Å². The van der Waals surface area contributed by atoms with Crippen LogP contribution in [-0.2, 0) is 4.79 Å². The van der Waals surface area contributed by atoms with Crippen LogP contribution in [0.2, 0.25) is 0 Å². The van der Waals surface area contributed by atoms with Gasteiger partial charge in [-0.1, -0.05) is 36.4 Å². The molecule has 7 nitrogen and oxygen atoms in total. The molecule has 0 atom stereocenters. The monoisotopic (exact) mass is 430 g/mol. The van der Waals surface area contributed by atoms with Gasteiger partial charge in [0.05, 0.1) is 5.69 Å². The summed E-state index contributed by atoms with van der Waals surface area (Å²) in [5.74, 6) is -0.971.